The molecule has 0 aromatic carbocycles. The maximum atomic E-state index is 4.21. The topological polar surface area (TPSA) is 50.5 Å². The molecule has 2 heterocycles. The average Bonchev–Trinajstić information content (AvgIpc) is 2.46. The predicted molar refractivity (Wildman–Crippen MR) is 72.9 cm³/mol. The molecule has 4 heteroatoms. The first-order valence-corrected chi connectivity index (χ1v) is 5.69. The SMILES string of the molecule is CC(=NN=C(C)c1ccccn1)c1ccccn1. The van der Waals surface area contributed by atoms with Crippen LogP contribution in [0.2, 0.25) is 0 Å². The van der Waals surface area contributed by atoms with Gasteiger partial charge in [0.25, 0.3) is 0 Å². The third-order valence-electron chi connectivity index (χ3n) is 2.42. The van der Waals surface area contributed by atoms with Crippen LogP contribution < -0.4 is 0 Å². The first kappa shape index (κ1) is 12.1. The zero-order valence-corrected chi connectivity index (χ0v) is 10.4. The Labute approximate surface area is 106 Å². The lowest BCUT2D eigenvalue weighted by atomic mass is 10.2. The molecule has 0 atom stereocenters. The van der Waals surface area contributed by atoms with Gasteiger partial charge in [0, 0.05) is 12.4 Å². The molecular formula is C14H14N4. The van der Waals surface area contributed by atoms with Gasteiger partial charge < -0.3 is 0 Å². The van der Waals surface area contributed by atoms with Gasteiger partial charge in [0.2, 0.25) is 0 Å². The molecular weight excluding hydrogens is 224 g/mol. The Balaban J connectivity index is 2.20. The number of aromatic nitrogens is 2. The van der Waals surface area contributed by atoms with Gasteiger partial charge in [-0.2, -0.15) is 10.2 Å². The fourth-order valence-corrected chi connectivity index (χ4v) is 1.41. The lowest BCUT2D eigenvalue weighted by Crippen LogP contribution is -2.00. The van der Waals surface area contributed by atoms with Gasteiger partial charge in [0.15, 0.2) is 0 Å². The van der Waals surface area contributed by atoms with Crippen molar-refractivity contribution >= 4 is 11.4 Å². The highest BCUT2D eigenvalue weighted by atomic mass is 15.2. The smallest absolute Gasteiger partial charge is 0.0860 e. The molecule has 0 aliphatic heterocycles. The highest BCUT2D eigenvalue weighted by Crippen LogP contribution is 2.00. The van der Waals surface area contributed by atoms with Crippen molar-refractivity contribution in [2.75, 3.05) is 0 Å². The van der Waals surface area contributed by atoms with E-state index in [1.807, 2.05) is 50.2 Å². The second-order valence-corrected chi connectivity index (χ2v) is 3.80. The van der Waals surface area contributed by atoms with E-state index in [0.717, 1.165) is 22.8 Å². The molecule has 0 saturated heterocycles. The number of nitrogens with zero attached hydrogens (tertiary/aromatic N) is 4. The molecule has 0 spiro atoms. The molecule has 0 N–H and O–H groups in total. The lowest BCUT2D eigenvalue weighted by Gasteiger charge is -1.98. The Bertz CT molecular complexity index is 505. The zero-order valence-electron chi connectivity index (χ0n) is 10.4. The third-order valence-corrected chi connectivity index (χ3v) is 2.42. The van der Waals surface area contributed by atoms with Crippen molar-refractivity contribution < 1.29 is 0 Å². The molecule has 0 unspecified atom stereocenters. The molecule has 4 nitrogen and oxygen atoms in total. The van der Waals surface area contributed by atoms with Crippen LogP contribution in [0.1, 0.15) is 25.2 Å². The van der Waals surface area contributed by atoms with E-state index < -0.39 is 0 Å². The van der Waals surface area contributed by atoms with E-state index in [0.29, 0.717) is 0 Å². The maximum absolute atomic E-state index is 4.21. The Kier molecular flexibility index (Phi) is 3.91. The third kappa shape index (κ3) is 3.07. The second-order valence-electron chi connectivity index (χ2n) is 3.80. The summed E-state index contributed by atoms with van der Waals surface area (Å²) in [7, 11) is 0. The van der Waals surface area contributed by atoms with E-state index in [9.17, 15) is 0 Å². The summed E-state index contributed by atoms with van der Waals surface area (Å²) in [4.78, 5) is 8.43. The molecule has 0 amide bonds. The zero-order chi connectivity index (χ0) is 12.8. The van der Waals surface area contributed by atoms with Gasteiger partial charge in [-0.3, -0.25) is 9.97 Å². The first-order chi connectivity index (χ1) is 8.77. The Morgan fingerprint density at radius 2 is 1.22 bits per heavy atom. The Morgan fingerprint density at radius 1 is 0.778 bits per heavy atom. The van der Waals surface area contributed by atoms with Crippen LogP contribution in [0.3, 0.4) is 0 Å². The quantitative estimate of drug-likeness (QED) is 0.609. The molecule has 2 aromatic heterocycles. The van der Waals surface area contributed by atoms with E-state index in [-0.39, 0.29) is 0 Å². The summed E-state index contributed by atoms with van der Waals surface area (Å²) in [5, 5.41) is 8.35. The highest BCUT2D eigenvalue weighted by Gasteiger charge is 1.99. The summed E-state index contributed by atoms with van der Waals surface area (Å²) in [5.74, 6) is 0. The molecule has 90 valence electrons. The molecule has 0 bridgehead atoms. The van der Waals surface area contributed by atoms with Crippen molar-refractivity contribution in [2.45, 2.75) is 13.8 Å². The van der Waals surface area contributed by atoms with Gasteiger partial charge in [0.1, 0.15) is 0 Å². The van der Waals surface area contributed by atoms with Gasteiger partial charge in [-0.25, -0.2) is 0 Å². The Morgan fingerprint density at radius 3 is 1.56 bits per heavy atom. The van der Waals surface area contributed by atoms with Crippen LogP contribution in [0.15, 0.2) is 59.0 Å². The van der Waals surface area contributed by atoms with E-state index >= 15 is 0 Å². The summed E-state index contributed by atoms with van der Waals surface area (Å²) in [6.45, 7) is 3.77. The molecule has 18 heavy (non-hydrogen) atoms. The van der Waals surface area contributed by atoms with Crippen molar-refractivity contribution in [3.63, 3.8) is 0 Å². The normalized spacial score (nSPS) is 12.6. The van der Waals surface area contributed by atoms with Crippen LogP contribution in [-0.4, -0.2) is 21.4 Å². The summed E-state index contributed by atoms with van der Waals surface area (Å²) in [6.07, 6.45) is 3.48. The molecule has 0 radical (unpaired) electrons. The van der Waals surface area contributed by atoms with Crippen LogP contribution in [0.5, 0.6) is 0 Å². The van der Waals surface area contributed by atoms with Gasteiger partial charge in [0.05, 0.1) is 22.8 Å². The minimum atomic E-state index is 0.783. The molecule has 0 fully saturated rings. The number of hydrogen-bond acceptors (Lipinski definition) is 4. The molecule has 0 aliphatic carbocycles. The van der Waals surface area contributed by atoms with Crippen molar-refractivity contribution in [3.05, 3.63) is 60.2 Å². The minimum absolute atomic E-state index is 0.783. The van der Waals surface area contributed by atoms with Crippen molar-refractivity contribution in [2.24, 2.45) is 10.2 Å². The van der Waals surface area contributed by atoms with E-state index in [2.05, 4.69) is 20.2 Å². The predicted octanol–water partition coefficient (Wildman–Crippen LogP) is 2.71. The summed E-state index contributed by atoms with van der Waals surface area (Å²) >= 11 is 0. The van der Waals surface area contributed by atoms with Gasteiger partial charge in [-0.15, -0.1) is 0 Å². The number of hydrogen-bond donors (Lipinski definition) is 0. The lowest BCUT2D eigenvalue weighted by molar-refractivity contribution is 1.17. The Hall–Kier alpha value is -2.36. The standard InChI is InChI=1S/C14H14N4/c1-11(13-7-3-5-9-15-13)17-18-12(2)14-8-4-6-10-16-14/h3-10H,1-2H3. The summed E-state index contributed by atoms with van der Waals surface area (Å²) < 4.78 is 0. The van der Waals surface area contributed by atoms with Crippen molar-refractivity contribution in [3.8, 4) is 0 Å². The monoisotopic (exact) mass is 238 g/mol. The van der Waals surface area contributed by atoms with Crippen LogP contribution >= 0.6 is 0 Å². The summed E-state index contributed by atoms with van der Waals surface area (Å²) in [5.41, 5.74) is 3.22. The fraction of sp³-hybridized carbons (Fsp3) is 0.143. The second kappa shape index (κ2) is 5.82. The molecule has 2 rings (SSSR count). The minimum Gasteiger partial charge on any atom is -0.255 e. The van der Waals surface area contributed by atoms with Gasteiger partial charge in [-0.1, -0.05) is 12.1 Å². The van der Waals surface area contributed by atoms with E-state index in [1.54, 1.807) is 12.4 Å². The van der Waals surface area contributed by atoms with Gasteiger partial charge in [-0.05, 0) is 38.1 Å². The van der Waals surface area contributed by atoms with Gasteiger partial charge >= 0.3 is 0 Å². The molecule has 0 saturated carbocycles. The van der Waals surface area contributed by atoms with E-state index in [4.69, 9.17) is 0 Å². The van der Waals surface area contributed by atoms with Crippen molar-refractivity contribution in [1.29, 1.82) is 0 Å². The van der Waals surface area contributed by atoms with Crippen molar-refractivity contribution in [1.82, 2.24) is 9.97 Å². The number of pyridine rings is 2. The highest BCUT2D eigenvalue weighted by molar-refractivity contribution is 5.99. The van der Waals surface area contributed by atoms with Crippen LogP contribution in [-0.2, 0) is 0 Å². The largest absolute Gasteiger partial charge is 0.255 e. The maximum Gasteiger partial charge on any atom is 0.0860 e. The van der Waals surface area contributed by atoms with Crippen LogP contribution in [0.25, 0.3) is 0 Å². The molecule has 2 aromatic rings. The van der Waals surface area contributed by atoms with Crippen LogP contribution in [0, 0.1) is 0 Å². The molecule has 0 aliphatic rings. The fourth-order valence-electron chi connectivity index (χ4n) is 1.41. The number of rotatable bonds is 3. The van der Waals surface area contributed by atoms with Crippen LogP contribution in [0.4, 0.5) is 0 Å². The summed E-state index contributed by atoms with van der Waals surface area (Å²) in [6, 6.07) is 11.4. The average molecular weight is 238 g/mol. The first-order valence-electron chi connectivity index (χ1n) is 5.69. The van der Waals surface area contributed by atoms with E-state index in [1.165, 1.54) is 0 Å².